The standard InChI is InChI=1S/C14H18N2/c1-3-12-14-11(6-7-15-12)10-5-4-9(2)8-13(10)16-14/h4-5,8,12,15-16H,3,6-7H2,1-2H3. The molecule has 2 heteroatoms. The summed E-state index contributed by atoms with van der Waals surface area (Å²) in [5.74, 6) is 0. The fourth-order valence-electron chi connectivity index (χ4n) is 2.78. The maximum Gasteiger partial charge on any atom is 0.0473 e. The summed E-state index contributed by atoms with van der Waals surface area (Å²) in [6.45, 7) is 5.49. The molecule has 2 aromatic rings. The summed E-state index contributed by atoms with van der Waals surface area (Å²) in [5.41, 5.74) is 5.56. The largest absolute Gasteiger partial charge is 0.357 e. The fourth-order valence-corrected chi connectivity index (χ4v) is 2.78. The smallest absolute Gasteiger partial charge is 0.0473 e. The summed E-state index contributed by atoms with van der Waals surface area (Å²) in [4.78, 5) is 3.60. The van der Waals surface area contributed by atoms with E-state index in [-0.39, 0.29) is 0 Å². The zero-order valence-corrected chi connectivity index (χ0v) is 9.93. The molecule has 1 aliphatic rings. The average Bonchev–Trinajstić information content (AvgIpc) is 2.65. The van der Waals surface area contributed by atoms with Crippen molar-refractivity contribution in [3.8, 4) is 0 Å². The van der Waals surface area contributed by atoms with E-state index in [9.17, 15) is 0 Å². The molecule has 0 bridgehead atoms. The molecule has 0 saturated carbocycles. The molecular formula is C14H18N2. The highest BCUT2D eigenvalue weighted by Gasteiger charge is 2.22. The Labute approximate surface area is 96.1 Å². The summed E-state index contributed by atoms with van der Waals surface area (Å²) < 4.78 is 0. The predicted octanol–water partition coefficient (Wildman–Crippen LogP) is 3.07. The van der Waals surface area contributed by atoms with Gasteiger partial charge in [0.2, 0.25) is 0 Å². The number of nitrogens with one attached hydrogen (secondary N) is 2. The number of hydrogen-bond donors (Lipinski definition) is 2. The molecule has 0 spiro atoms. The van der Waals surface area contributed by atoms with Gasteiger partial charge in [-0.15, -0.1) is 0 Å². The Morgan fingerprint density at radius 3 is 3.06 bits per heavy atom. The van der Waals surface area contributed by atoms with E-state index >= 15 is 0 Å². The van der Waals surface area contributed by atoms with Gasteiger partial charge in [-0.05, 0) is 43.5 Å². The van der Waals surface area contributed by atoms with Crippen molar-refractivity contribution >= 4 is 10.9 Å². The van der Waals surface area contributed by atoms with Crippen LogP contribution in [0.5, 0.6) is 0 Å². The Morgan fingerprint density at radius 1 is 1.38 bits per heavy atom. The van der Waals surface area contributed by atoms with Gasteiger partial charge in [0, 0.05) is 22.6 Å². The molecule has 16 heavy (non-hydrogen) atoms. The SMILES string of the molecule is CCC1NCCc2c1[nH]c1cc(C)ccc21. The van der Waals surface area contributed by atoms with E-state index in [1.54, 1.807) is 0 Å². The van der Waals surface area contributed by atoms with Crippen LogP contribution in [-0.2, 0) is 6.42 Å². The van der Waals surface area contributed by atoms with Crippen LogP contribution in [0.1, 0.15) is 36.2 Å². The van der Waals surface area contributed by atoms with Gasteiger partial charge in [0.05, 0.1) is 0 Å². The van der Waals surface area contributed by atoms with Crippen LogP contribution in [0.2, 0.25) is 0 Å². The van der Waals surface area contributed by atoms with E-state index < -0.39 is 0 Å². The highest BCUT2D eigenvalue weighted by atomic mass is 15.0. The van der Waals surface area contributed by atoms with Gasteiger partial charge in [0.25, 0.3) is 0 Å². The van der Waals surface area contributed by atoms with Gasteiger partial charge < -0.3 is 10.3 Å². The van der Waals surface area contributed by atoms with E-state index in [1.165, 1.54) is 27.7 Å². The van der Waals surface area contributed by atoms with Crippen molar-refractivity contribution in [3.05, 3.63) is 35.0 Å². The monoisotopic (exact) mass is 214 g/mol. The fraction of sp³-hybridized carbons (Fsp3) is 0.429. The van der Waals surface area contributed by atoms with Crippen molar-refractivity contribution in [3.63, 3.8) is 0 Å². The van der Waals surface area contributed by atoms with Crippen molar-refractivity contribution in [1.29, 1.82) is 0 Å². The molecule has 1 atom stereocenters. The first-order valence-electron chi connectivity index (χ1n) is 6.14. The van der Waals surface area contributed by atoms with Gasteiger partial charge >= 0.3 is 0 Å². The molecule has 1 unspecified atom stereocenters. The summed E-state index contributed by atoms with van der Waals surface area (Å²) in [5, 5.41) is 4.99. The molecule has 0 saturated heterocycles. The van der Waals surface area contributed by atoms with E-state index in [4.69, 9.17) is 0 Å². The second-order valence-corrected chi connectivity index (χ2v) is 4.73. The first-order valence-corrected chi connectivity index (χ1v) is 6.14. The molecule has 1 aliphatic heterocycles. The third kappa shape index (κ3) is 1.37. The first kappa shape index (κ1) is 9.91. The van der Waals surface area contributed by atoms with Gasteiger partial charge in [0.1, 0.15) is 0 Å². The maximum atomic E-state index is 3.60. The molecule has 1 aromatic heterocycles. The Morgan fingerprint density at radius 2 is 2.25 bits per heavy atom. The molecular weight excluding hydrogens is 196 g/mol. The van der Waals surface area contributed by atoms with E-state index in [0.29, 0.717) is 6.04 Å². The van der Waals surface area contributed by atoms with Gasteiger partial charge in [-0.2, -0.15) is 0 Å². The molecule has 1 aromatic carbocycles. The Bertz CT molecular complexity index is 525. The summed E-state index contributed by atoms with van der Waals surface area (Å²) in [6.07, 6.45) is 2.30. The number of fused-ring (bicyclic) bond motifs is 3. The number of aryl methyl sites for hydroxylation is 1. The Hall–Kier alpha value is -1.28. The Balaban J connectivity index is 2.24. The van der Waals surface area contributed by atoms with Crippen LogP contribution < -0.4 is 5.32 Å². The van der Waals surface area contributed by atoms with Crippen LogP contribution >= 0.6 is 0 Å². The lowest BCUT2D eigenvalue weighted by molar-refractivity contribution is 0.485. The van der Waals surface area contributed by atoms with E-state index in [0.717, 1.165) is 19.4 Å². The molecule has 2 nitrogen and oxygen atoms in total. The van der Waals surface area contributed by atoms with Crippen LogP contribution in [0.15, 0.2) is 18.2 Å². The normalized spacial score (nSPS) is 20.0. The van der Waals surface area contributed by atoms with Gasteiger partial charge in [-0.1, -0.05) is 19.1 Å². The van der Waals surface area contributed by atoms with Crippen LogP contribution in [0.4, 0.5) is 0 Å². The Kier molecular flexibility index (Phi) is 2.25. The zero-order chi connectivity index (χ0) is 11.1. The molecule has 0 aliphatic carbocycles. The lowest BCUT2D eigenvalue weighted by Crippen LogP contribution is -2.29. The van der Waals surface area contributed by atoms with Crippen molar-refractivity contribution in [2.24, 2.45) is 0 Å². The van der Waals surface area contributed by atoms with Gasteiger partial charge in [0.15, 0.2) is 0 Å². The highest BCUT2D eigenvalue weighted by molar-refractivity contribution is 5.85. The molecule has 3 rings (SSSR count). The number of H-pyrrole nitrogens is 1. The predicted molar refractivity (Wildman–Crippen MR) is 67.8 cm³/mol. The summed E-state index contributed by atoms with van der Waals surface area (Å²) in [6, 6.07) is 7.23. The zero-order valence-electron chi connectivity index (χ0n) is 9.93. The van der Waals surface area contributed by atoms with Crippen LogP contribution in [0.3, 0.4) is 0 Å². The topological polar surface area (TPSA) is 27.8 Å². The van der Waals surface area contributed by atoms with Crippen LogP contribution in [0, 0.1) is 6.92 Å². The molecule has 84 valence electrons. The van der Waals surface area contributed by atoms with Gasteiger partial charge in [-0.25, -0.2) is 0 Å². The maximum absolute atomic E-state index is 3.60. The first-order chi connectivity index (χ1) is 7.79. The minimum absolute atomic E-state index is 0.511. The third-order valence-electron chi connectivity index (χ3n) is 3.62. The number of benzene rings is 1. The quantitative estimate of drug-likeness (QED) is 0.750. The number of rotatable bonds is 1. The lowest BCUT2D eigenvalue weighted by atomic mass is 9.98. The van der Waals surface area contributed by atoms with Gasteiger partial charge in [-0.3, -0.25) is 0 Å². The second kappa shape index (κ2) is 3.63. The van der Waals surface area contributed by atoms with Crippen LogP contribution in [-0.4, -0.2) is 11.5 Å². The molecule has 0 fully saturated rings. The molecule has 0 amide bonds. The lowest BCUT2D eigenvalue weighted by Gasteiger charge is -2.22. The number of aromatic amines is 1. The summed E-state index contributed by atoms with van der Waals surface area (Å²) in [7, 11) is 0. The highest BCUT2D eigenvalue weighted by Crippen LogP contribution is 2.31. The summed E-state index contributed by atoms with van der Waals surface area (Å²) >= 11 is 0. The van der Waals surface area contributed by atoms with E-state index in [2.05, 4.69) is 42.3 Å². The van der Waals surface area contributed by atoms with Crippen molar-refractivity contribution in [2.45, 2.75) is 32.7 Å². The van der Waals surface area contributed by atoms with Crippen molar-refractivity contribution in [2.75, 3.05) is 6.54 Å². The number of hydrogen-bond acceptors (Lipinski definition) is 1. The molecule has 2 heterocycles. The van der Waals surface area contributed by atoms with Crippen LogP contribution in [0.25, 0.3) is 10.9 Å². The number of aromatic nitrogens is 1. The third-order valence-corrected chi connectivity index (χ3v) is 3.62. The molecule has 2 N–H and O–H groups in total. The molecule has 0 radical (unpaired) electrons. The minimum Gasteiger partial charge on any atom is -0.357 e. The minimum atomic E-state index is 0.511. The van der Waals surface area contributed by atoms with Crippen molar-refractivity contribution in [1.82, 2.24) is 10.3 Å². The second-order valence-electron chi connectivity index (χ2n) is 4.73. The van der Waals surface area contributed by atoms with E-state index in [1.807, 2.05) is 0 Å². The average molecular weight is 214 g/mol. The van der Waals surface area contributed by atoms with Crippen molar-refractivity contribution < 1.29 is 0 Å².